The molecule has 0 aromatic heterocycles. The van der Waals surface area contributed by atoms with E-state index >= 15 is 0 Å². The van der Waals surface area contributed by atoms with E-state index in [2.05, 4.69) is 13.8 Å². The standard InChI is InChI=1S/C12H16FN/c1-7-4-5-9(13)8(6-7)10-11(14)12(10,2)3/h4-6,10-11H,14H2,1-3H3. The first kappa shape index (κ1) is 9.66. The van der Waals surface area contributed by atoms with Gasteiger partial charge < -0.3 is 5.73 Å². The largest absolute Gasteiger partial charge is 0.327 e. The molecule has 1 aliphatic carbocycles. The average molecular weight is 193 g/mol. The molecule has 0 spiro atoms. The molecule has 14 heavy (non-hydrogen) atoms. The predicted octanol–water partition coefficient (Wildman–Crippen LogP) is 2.58. The van der Waals surface area contributed by atoms with E-state index in [1.807, 2.05) is 13.0 Å². The second-order valence-corrected chi connectivity index (χ2v) is 4.85. The molecule has 1 aromatic rings. The summed E-state index contributed by atoms with van der Waals surface area (Å²) < 4.78 is 13.5. The monoisotopic (exact) mass is 193 g/mol. The molecule has 0 saturated heterocycles. The van der Waals surface area contributed by atoms with Crippen molar-refractivity contribution in [2.75, 3.05) is 0 Å². The molecule has 2 heteroatoms. The van der Waals surface area contributed by atoms with Crippen LogP contribution in [0.5, 0.6) is 0 Å². The molecular formula is C12H16FN. The molecule has 2 N–H and O–H groups in total. The fourth-order valence-corrected chi connectivity index (χ4v) is 2.17. The SMILES string of the molecule is Cc1ccc(F)c(C2C(N)C2(C)C)c1. The molecule has 76 valence electrons. The van der Waals surface area contributed by atoms with Gasteiger partial charge in [0.25, 0.3) is 0 Å². The molecule has 0 amide bonds. The lowest BCUT2D eigenvalue weighted by Crippen LogP contribution is -2.06. The van der Waals surface area contributed by atoms with E-state index in [4.69, 9.17) is 5.73 Å². The van der Waals surface area contributed by atoms with E-state index in [1.54, 1.807) is 6.07 Å². The van der Waals surface area contributed by atoms with E-state index in [9.17, 15) is 4.39 Å². The summed E-state index contributed by atoms with van der Waals surface area (Å²) in [5, 5.41) is 0. The highest BCUT2D eigenvalue weighted by Crippen LogP contribution is 2.57. The minimum Gasteiger partial charge on any atom is -0.327 e. The van der Waals surface area contributed by atoms with Crippen molar-refractivity contribution in [3.05, 3.63) is 35.1 Å². The second-order valence-electron chi connectivity index (χ2n) is 4.85. The molecule has 2 unspecified atom stereocenters. The van der Waals surface area contributed by atoms with Crippen LogP contribution in [0.15, 0.2) is 18.2 Å². The quantitative estimate of drug-likeness (QED) is 0.729. The zero-order valence-electron chi connectivity index (χ0n) is 8.84. The first-order chi connectivity index (χ1) is 6.44. The minimum atomic E-state index is -0.123. The molecule has 2 rings (SSSR count). The Kier molecular flexibility index (Phi) is 1.93. The van der Waals surface area contributed by atoms with Gasteiger partial charge in [-0.15, -0.1) is 0 Å². The third-order valence-corrected chi connectivity index (χ3v) is 3.40. The Bertz CT molecular complexity index is 371. The van der Waals surface area contributed by atoms with E-state index in [0.29, 0.717) is 0 Å². The third-order valence-electron chi connectivity index (χ3n) is 3.40. The Morgan fingerprint density at radius 1 is 1.36 bits per heavy atom. The van der Waals surface area contributed by atoms with Crippen molar-refractivity contribution in [1.82, 2.24) is 0 Å². The maximum absolute atomic E-state index is 13.5. The summed E-state index contributed by atoms with van der Waals surface area (Å²) in [6.45, 7) is 6.15. The average Bonchev–Trinajstić information content (AvgIpc) is 2.58. The Morgan fingerprint density at radius 2 is 1.93 bits per heavy atom. The zero-order valence-corrected chi connectivity index (χ0v) is 8.84. The van der Waals surface area contributed by atoms with Gasteiger partial charge in [0.15, 0.2) is 0 Å². The summed E-state index contributed by atoms with van der Waals surface area (Å²) >= 11 is 0. The van der Waals surface area contributed by atoms with Crippen molar-refractivity contribution in [2.45, 2.75) is 32.7 Å². The van der Waals surface area contributed by atoms with Crippen LogP contribution < -0.4 is 5.73 Å². The molecule has 1 aromatic carbocycles. The van der Waals surface area contributed by atoms with Gasteiger partial charge in [0.1, 0.15) is 5.82 Å². The van der Waals surface area contributed by atoms with Crippen molar-refractivity contribution in [2.24, 2.45) is 11.1 Å². The minimum absolute atomic E-state index is 0.0502. The van der Waals surface area contributed by atoms with Gasteiger partial charge >= 0.3 is 0 Å². The van der Waals surface area contributed by atoms with Crippen LogP contribution in [-0.2, 0) is 0 Å². The zero-order chi connectivity index (χ0) is 10.5. The summed E-state index contributed by atoms with van der Waals surface area (Å²) in [4.78, 5) is 0. The number of nitrogens with two attached hydrogens (primary N) is 1. The number of hydrogen-bond acceptors (Lipinski definition) is 1. The summed E-state index contributed by atoms with van der Waals surface area (Å²) in [7, 11) is 0. The van der Waals surface area contributed by atoms with E-state index in [0.717, 1.165) is 11.1 Å². The molecule has 1 nitrogen and oxygen atoms in total. The van der Waals surface area contributed by atoms with E-state index < -0.39 is 0 Å². The van der Waals surface area contributed by atoms with Gasteiger partial charge in [-0.3, -0.25) is 0 Å². The lowest BCUT2D eigenvalue weighted by atomic mass is 10.0. The van der Waals surface area contributed by atoms with Gasteiger partial charge in [0, 0.05) is 12.0 Å². The van der Waals surface area contributed by atoms with E-state index in [1.165, 1.54) is 6.07 Å². The van der Waals surface area contributed by atoms with Gasteiger partial charge in [-0.25, -0.2) is 4.39 Å². The lowest BCUT2D eigenvalue weighted by molar-refractivity contribution is 0.571. The van der Waals surface area contributed by atoms with Crippen molar-refractivity contribution in [3.63, 3.8) is 0 Å². The van der Waals surface area contributed by atoms with Crippen molar-refractivity contribution >= 4 is 0 Å². The Hall–Kier alpha value is -0.890. The summed E-state index contributed by atoms with van der Waals surface area (Å²) in [5.74, 6) is 0.0593. The molecular weight excluding hydrogens is 177 g/mol. The van der Waals surface area contributed by atoms with Crippen molar-refractivity contribution < 1.29 is 4.39 Å². The Labute approximate surface area is 84.1 Å². The van der Waals surface area contributed by atoms with Crippen molar-refractivity contribution in [1.29, 1.82) is 0 Å². The lowest BCUT2D eigenvalue weighted by Gasteiger charge is -2.05. The first-order valence-electron chi connectivity index (χ1n) is 4.96. The molecule has 0 radical (unpaired) electrons. The number of aryl methyl sites for hydroxylation is 1. The number of benzene rings is 1. The maximum atomic E-state index is 13.5. The van der Waals surface area contributed by atoms with Crippen LogP contribution in [0.3, 0.4) is 0 Å². The molecule has 0 bridgehead atoms. The molecule has 1 fully saturated rings. The maximum Gasteiger partial charge on any atom is 0.126 e. The van der Waals surface area contributed by atoms with Gasteiger partial charge in [0.05, 0.1) is 0 Å². The summed E-state index contributed by atoms with van der Waals surface area (Å²) in [6.07, 6.45) is 0. The Balaban J connectivity index is 2.39. The third kappa shape index (κ3) is 1.25. The normalized spacial score (nSPS) is 28.9. The van der Waals surface area contributed by atoms with Crippen LogP contribution in [0.4, 0.5) is 4.39 Å². The first-order valence-corrected chi connectivity index (χ1v) is 4.96. The molecule has 0 heterocycles. The molecule has 1 saturated carbocycles. The topological polar surface area (TPSA) is 26.0 Å². The fourth-order valence-electron chi connectivity index (χ4n) is 2.17. The van der Waals surface area contributed by atoms with Gasteiger partial charge in [-0.05, 0) is 24.0 Å². The van der Waals surface area contributed by atoms with Crippen molar-refractivity contribution in [3.8, 4) is 0 Å². The number of rotatable bonds is 1. The van der Waals surface area contributed by atoms with Gasteiger partial charge in [0.2, 0.25) is 0 Å². The molecule has 1 aliphatic rings. The van der Waals surface area contributed by atoms with Gasteiger partial charge in [-0.1, -0.05) is 31.5 Å². The van der Waals surface area contributed by atoms with Crippen LogP contribution >= 0.6 is 0 Å². The second kappa shape index (κ2) is 2.80. The number of halogens is 1. The Morgan fingerprint density at radius 3 is 2.43 bits per heavy atom. The highest BCUT2D eigenvalue weighted by Gasteiger charge is 2.56. The predicted molar refractivity (Wildman–Crippen MR) is 55.6 cm³/mol. The highest BCUT2D eigenvalue weighted by atomic mass is 19.1. The number of hydrogen-bond donors (Lipinski definition) is 1. The van der Waals surface area contributed by atoms with Crippen LogP contribution in [0.1, 0.15) is 30.9 Å². The molecule has 2 atom stereocenters. The smallest absolute Gasteiger partial charge is 0.126 e. The summed E-state index contributed by atoms with van der Waals surface area (Å²) in [6, 6.07) is 5.33. The molecule has 0 aliphatic heterocycles. The van der Waals surface area contributed by atoms with Crippen LogP contribution in [0.25, 0.3) is 0 Å². The highest BCUT2D eigenvalue weighted by molar-refractivity contribution is 5.37. The summed E-state index contributed by atoms with van der Waals surface area (Å²) in [5.41, 5.74) is 7.85. The van der Waals surface area contributed by atoms with Gasteiger partial charge in [-0.2, -0.15) is 0 Å². The van der Waals surface area contributed by atoms with Crippen LogP contribution in [-0.4, -0.2) is 6.04 Å². The van der Waals surface area contributed by atoms with Crippen LogP contribution in [0, 0.1) is 18.2 Å². The van der Waals surface area contributed by atoms with Crippen LogP contribution in [0.2, 0.25) is 0 Å². The fraction of sp³-hybridized carbons (Fsp3) is 0.500. The van der Waals surface area contributed by atoms with E-state index in [-0.39, 0.29) is 23.2 Å².